The minimum absolute atomic E-state index is 0.320. The first-order valence-corrected chi connectivity index (χ1v) is 6.39. The Morgan fingerprint density at radius 3 is 2.33 bits per heavy atom. The van der Waals surface area contributed by atoms with Crippen molar-refractivity contribution in [3.8, 4) is 0 Å². The van der Waals surface area contributed by atoms with Crippen LogP contribution in [-0.4, -0.2) is 0 Å². The van der Waals surface area contributed by atoms with E-state index in [1.807, 2.05) is 18.2 Å². The quantitative estimate of drug-likeness (QED) is 0.868. The van der Waals surface area contributed by atoms with Crippen molar-refractivity contribution >= 4 is 0 Å². The van der Waals surface area contributed by atoms with Crippen molar-refractivity contribution in [2.75, 3.05) is 0 Å². The zero-order valence-electron chi connectivity index (χ0n) is 11.4. The number of nitrogens with two attached hydrogens (primary N) is 1. The molecule has 0 aromatic heterocycles. The van der Waals surface area contributed by atoms with E-state index in [0.29, 0.717) is 0 Å². The van der Waals surface area contributed by atoms with Crippen LogP contribution >= 0.6 is 0 Å². The first-order valence-electron chi connectivity index (χ1n) is 6.39. The van der Waals surface area contributed by atoms with Crippen molar-refractivity contribution in [2.45, 2.75) is 32.7 Å². The lowest BCUT2D eigenvalue weighted by Gasteiger charge is -2.26. The molecule has 0 spiro atoms. The third-order valence-corrected chi connectivity index (χ3v) is 3.50. The predicted molar refractivity (Wildman–Crippen MR) is 77.6 cm³/mol. The van der Waals surface area contributed by atoms with Crippen LogP contribution in [0.25, 0.3) is 0 Å². The van der Waals surface area contributed by atoms with Crippen LogP contribution in [0.15, 0.2) is 48.5 Å². The fourth-order valence-corrected chi connectivity index (χ4v) is 2.31. The van der Waals surface area contributed by atoms with E-state index in [2.05, 4.69) is 51.1 Å². The van der Waals surface area contributed by atoms with Crippen LogP contribution in [-0.2, 0) is 12.0 Å². The Kier molecular flexibility index (Phi) is 3.53. The molecular formula is C17H21N. The predicted octanol–water partition coefficient (Wildman–Crippen LogP) is 3.72. The van der Waals surface area contributed by atoms with E-state index in [1.165, 1.54) is 22.3 Å². The molecule has 2 rings (SSSR count). The number of hydrogen-bond donors (Lipinski definition) is 1. The van der Waals surface area contributed by atoms with Gasteiger partial charge in [-0.1, -0.05) is 54.1 Å². The average Bonchev–Trinajstić information content (AvgIpc) is 2.35. The highest BCUT2D eigenvalue weighted by Crippen LogP contribution is 2.24. The molecule has 1 unspecified atom stereocenters. The van der Waals surface area contributed by atoms with Gasteiger partial charge >= 0.3 is 0 Å². The first kappa shape index (κ1) is 12.8. The van der Waals surface area contributed by atoms with Crippen LogP contribution in [0.4, 0.5) is 0 Å². The summed E-state index contributed by atoms with van der Waals surface area (Å²) in [7, 11) is 0. The number of benzene rings is 2. The summed E-state index contributed by atoms with van der Waals surface area (Å²) in [5, 5.41) is 0. The fourth-order valence-electron chi connectivity index (χ4n) is 2.31. The smallest absolute Gasteiger partial charge is 0.0421 e. The van der Waals surface area contributed by atoms with E-state index in [-0.39, 0.29) is 5.54 Å². The van der Waals surface area contributed by atoms with Gasteiger partial charge < -0.3 is 5.73 Å². The maximum Gasteiger partial charge on any atom is 0.0421 e. The lowest BCUT2D eigenvalue weighted by atomic mass is 9.85. The van der Waals surface area contributed by atoms with Crippen LogP contribution in [0, 0.1) is 13.8 Å². The van der Waals surface area contributed by atoms with E-state index < -0.39 is 0 Å². The van der Waals surface area contributed by atoms with Gasteiger partial charge in [0.1, 0.15) is 0 Å². The van der Waals surface area contributed by atoms with E-state index in [4.69, 9.17) is 5.73 Å². The summed E-state index contributed by atoms with van der Waals surface area (Å²) >= 11 is 0. The average molecular weight is 239 g/mol. The van der Waals surface area contributed by atoms with Gasteiger partial charge in [-0.2, -0.15) is 0 Å². The molecule has 0 aliphatic rings. The van der Waals surface area contributed by atoms with Crippen LogP contribution < -0.4 is 5.73 Å². The van der Waals surface area contributed by atoms with Gasteiger partial charge in [0.15, 0.2) is 0 Å². The Morgan fingerprint density at radius 1 is 1.00 bits per heavy atom. The van der Waals surface area contributed by atoms with Crippen molar-refractivity contribution in [3.63, 3.8) is 0 Å². The monoisotopic (exact) mass is 239 g/mol. The summed E-state index contributed by atoms with van der Waals surface area (Å²) in [4.78, 5) is 0. The lowest BCUT2D eigenvalue weighted by molar-refractivity contribution is 0.490. The molecular weight excluding hydrogens is 218 g/mol. The Balaban J connectivity index is 2.30. The molecule has 1 nitrogen and oxygen atoms in total. The molecule has 2 aromatic rings. The van der Waals surface area contributed by atoms with E-state index in [0.717, 1.165) is 6.42 Å². The van der Waals surface area contributed by atoms with Gasteiger partial charge in [0.2, 0.25) is 0 Å². The fraction of sp³-hybridized carbons (Fsp3) is 0.294. The van der Waals surface area contributed by atoms with Crippen molar-refractivity contribution < 1.29 is 0 Å². The van der Waals surface area contributed by atoms with Crippen LogP contribution in [0.5, 0.6) is 0 Å². The zero-order valence-corrected chi connectivity index (χ0v) is 11.4. The molecule has 0 saturated carbocycles. The molecule has 1 atom stereocenters. The number of hydrogen-bond acceptors (Lipinski definition) is 1. The molecule has 0 amide bonds. The topological polar surface area (TPSA) is 26.0 Å². The second kappa shape index (κ2) is 4.95. The molecule has 0 aliphatic carbocycles. The Hall–Kier alpha value is -1.60. The number of aryl methyl sites for hydroxylation is 2. The lowest BCUT2D eigenvalue weighted by Crippen LogP contribution is -2.35. The highest BCUT2D eigenvalue weighted by molar-refractivity contribution is 5.34. The van der Waals surface area contributed by atoms with E-state index >= 15 is 0 Å². The summed E-state index contributed by atoms with van der Waals surface area (Å²) < 4.78 is 0. The van der Waals surface area contributed by atoms with Gasteiger partial charge in [0.05, 0.1) is 0 Å². The summed E-state index contributed by atoms with van der Waals surface area (Å²) in [5.41, 5.74) is 11.3. The minimum Gasteiger partial charge on any atom is -0.321 e. The number of rotatable bonds is 3. The standard InChI is InChI=1S/C17H21N/c1-13-9-10-14(2)15(11-13)12-17(3,18)16-7-5-4-6-8-16/h4-11H,12,18H2,1-3H3. The molecule has 0 saturated heterocycles. The first-order chi connectivity index (χ1) is 8.49. The Bertz CT molecular complexity index is 527. The Labute approximate surface area is 110 Å². The van der Waals surface area contributed by atoms with Gasteiger partial charge in [-0.05, 0) is 43.9 Å². The van der Waals surface area contributed by atoms with Gasteiger partial charge in [-0.25, -0.2) is 0 Å². The maximum atomic E-state index is 6.49. The molecule has 18 heavy (non-hydrogen) atoms. The van der Waals surface area contributed by atoms with Crippen molar-refractivity contribution in [2.24, 2.45) is 5.73 Å². The van der Waals surface area contributed by atoms with Crippen molar-refractivity contribution in [3.05, 3.63) is 70.8 Å². The zero-order chi connectivity index (χ0) is 13.2. The van der Waals surface area contributed by atoms with Crippen molar-refractivity contribution in [1.82, 2.24) is 0 Å². The van der Waals surface area contributed by atoms with Crippen LogP contribution in [0.3, 0.4) is 0 Å². The molecule has 0 bridgehead atoms. The van der Waals surface area contributed by atoms with Crippen molar-refractivity contribution in [1.29, 1.82) is 0 Å². The second-order valence-corrected chi connectivity index (χ2v) is 5.39. The highest BCUT2D eigenvalue weighted by atomic mass is 14.7. The summed E-state index contributed by atoms with van der Waals surface area (Å²) in [6.07, 6.45) is 0.866. The van der Waals surface area contributed by atoms with Crippen LogP contribution in [0.1, 0.15) is 29.2 Å². The summed E-state index contributed by atoms with van der Waals surface area (Å²) in [6.45, 7) is 6.37. The Morgan fingerprint density at radius 2 is 1.67 bits per heavy atom. The molecule has 0 aliphatic heterocycles. The highest BCUT2D eigenvalue weighted by Gasteiger charge is 2.22. The summed E-state index contributed by atoms with van der Waals surface area (Å²) in [6, 6.07) is 16.9. The molecule has 0 fully saturated rings. The normalized spacial score (nSPS) is 14.2. The molecule has 1 heteroatoms. The van der Waals surface area contributed by atoms with E-state index in [1.54, 1.807) is 0 Å². The van der Waals surface area contributed by atoms with Gasteiger partial charge in [-0.15, -0.1) is 0 Å². The van der Waals surface area contributed by atoms with E-state index in [9.17, 15) is 0 Å². The molecule has 2 N–H and O–H groups in total. The minimum atomic E-state index is -0.320. The third kappa shape index (κ3) is 2.80. The molecule has 94 valence electrons. The second-order valence-electron chi connectivity index (χ2n) is 5.39. The van der Waals surface area contributed by atoms with Gasteiger partial charge in [0.25, 0.3) is 0 Å². The van der Waals surface area contributed by atoms with Gasteiger partial charge in [-0.3, -0.25) is 0 Å². The third-order valence-electron chi connectivity index (χ3n) is 3.50. The molecule has 0 heterocycles. The van der Waals surface area contributed by atoms with Crippen LogP contribution in [0.2, 0.25) is 0 Å². The summed E-state index contributed by atoms with van der Waals surface area (Å²) in [5.74, 6) is 0. The molecule has 0 radical (unpaired) electrons. The largest absolute Gasteiger partial charge is 0.321 e. The van der Waals surface area contributed by atoms with Gasteiger partial charge in [0, 0.05) is 5.54 Å². The maximum absolute atomic E-state index is 6.49. The molecule has 2 aromatic carbocycles. The SMILES string of the molecule is Cc1ccc(C)c(CC(C)(N)c2ccccc2)c1.